The summed E-state index contributed by atoms with van der Waals surface area (Å²) in [6, 6.07) is 6.16. The summed E-state index contributed by atoms with van der Waals surface area (Å²) in [4.78, 5) is 0. The zero-order valence-corrected chi connectivity index (χ0v) is 8.87. The van der Waals surface area contributed by atoms with Gasteiger partial charge < -0.3 is 9.68 Å². The van der Waals surface area contributed by atoms with Crippen LogP contribution in [0.1, 0.15) is 31.9 Å². The van der Waals surface area contributed by atoms with Crippen LogP contribution in [0, 0.1) is 0 Å². The molecule has 0 amide bonds. The van der Waals surface area contributed by atoms with Gasteiger partial charge in [-0.25, -0.2) is 0 Å². The van der Waals surface area contributed by atoms with Gasteiger partial charge in [0.25, 0.3) is 0 Å². The van der Waals surface area contributed by atoms with E-state index in [1.165, 1.54) is 5.56 Å². The minimum absolute atomic E-state index is 0.155. The van der Waals surface area contributed by atoms with Crippen molar-refractivity contribution in [3.8, 4) is 0 Å². The second-order valence-corrected chi connectivity index (χ2v) is 4.83. The first kappa shape index (κ1) is 9.75. The predicted molar refractivity (Wildman–Crippen MR) is 57.5 cm³/mol. The van der Waals surface area contributed by atoms with Gasteiger partial charge in [-0.15, -0.1) is 0 Å². The molecule has 1 aromatic rings. The monoisotopic (exact) mass is 190 g/mol. The first-order valence-corrected chi connectivity index (χ1v) is 4.91. The van der Waals surface area contributed by atoms with Gasteiger partial charge in [-0.2, -0.15) is 0 Å². The van der Waals surface area contributed by atoms with Crippen molar-refractivity contribution in [2.24, 2.45) is 0 Å². The van der Waals surface area contributed by atoms with Gasteiger partial charge in [0, 0.05) is 0 Å². The molecular weight excluding hydrogens is 175 g/mol. The third-order valence-electron chi connectivity index (χ3n) is 2.67. The lowest BCUT2D eigenvalue weighted by atomic mass is 9.77. The van der Waals surface area contributed by atoms with Crippen LogP contribution >= 0.6 is 0 Å². The first-order valence-electron chi connectivity index (χ1n) is 4.91. The van der Waals surface area contributed by atoms with E-state index in [0.717, 1.165) is 11.0 Å². The molecule has 0 saturated carbocycles. The van der Waals surface area contributed by atoms with E-state index in [9.17, 15) is 5.02 Å². The van der Waals surface area contributed by atoms with Gasteiger partial charge in [-0.05, 0) is 22.0 Å². The molecule has 2 rings (SSSR count). The smallest absolute Gasteiger partial charge is 0.423 e. The molecule has 1 heterocycles. The fraction of sp³-hybridized carbons (Fsp3) is 0.455. The summed E-state index contributed by atoms with van der Waals surface area (Å²) in [5, 5.41) is 9.45. The molecule has 14 heavy (non-hydrogen) atoms. The van der Waals surface area contributed by atoms with Crippen LogP contribution < -0.4 is 5.46 Å². The topological polar surface area (TPSA) is 29.5 Å². The van der Waals surface area contributed by atoms with Crippen LogP contribution in [0.5, 0.6) is 0 Å². The third-order valence-corrected chi connectivity index (χ3v) is 2.67. The van der Waals surface area contributed by atoms with Crippen molar-refractivity contribution in [3.05, 3.63) is 29.3 Å². The molecule has 0 atom stereocenters. The molecule has 0 aliphatic carbocycles. The quantitative estimate of drug-likeness (QED) is 0.623. The third kappa shape index (κ3) is 1.58. The molecule has 0 fully saturated rings. The Kier molecular flexibility index (Phi) is 2.16. The molecule has 1 N–H and O–H groups in total. The largest absolute Gasteiger partial charge is 0.491 e. The highest BCUT2D eigenvalue weighted by Crippen LogP contribution is 2.23. The summed E-state index contributed by atoms with van der Waals surface area (Å²) in [5.41, 5.74) is 3.47. The van der Waals surface area contributed by atoms with E-state index < -0.39 is 7.12 Å². The van der Waals surface area contributed by atoms with E-state index in [1.54, 1.807) is 0 Å². The van der Waals surface area contributed by atoms with E-state index in [0.29, 0.717) is 6.61 Å². The summed E-state index contributed by atoms with van der Waals surface area (Å²) in [6.45, 7) is 7.07. The van der Waals surface area contributed by atoms with E-state index in [2.05, 4.69) is 32.9 Å². The average Bonchev–Trinajstić information content (AvgIpc) is 2.46. The fourth-order valence-corrected chi connectivity index (χ4v) is 1.70. The summed E-state index contributed by atoms with van der Waals surface area (Å²) < 4.78 is 5.15. The predicted octanol–water partition coefficient (Wildman–Crippen LogP) is 1.20. The van der Waals surface area contributed by atoms with E-state index >= 15 is 0 Å². The van der Waals surface area contributed by atoms with Crippen LogP contribution in [-0.2, 0) is 16.7 Å². The van der Waals surface area contributed by atoms with Gasteiger partial charge >= 0.3 is 7.12 Å². The highest BCUT2D eigenvalue weighted by atomic mass is 16.5. The molecule has 1 aromatic carbocycles. The molecule has 0 saturated heterocycles. The second-order valence-electron chi connectivity index (χ2n) is 4.83. The molecule has 0 aromatic heterocycles. The van der Waals surface area contributed by atoms with Crippen molar-refractivity contribution in [1.29, 1.82) is 0 Å². The Morgan fingerprint density at radius 1 is 1.36 bits per heavy atom. The van der Waals surface area contributed by atoms with Gasteiger partial charge in [0.1, 0.15) is 0 Å². The summed E-state index contributed by atoms with van der Waals surface area (Å²) in [6.07, 6.45) is 0. The molecular formula is C11H15BO2. The minimum Gasteiger partial charge on any atom is -0.423 e. The van der Waals surface area contributed by atoms with Crippen LogP contribution in [0.2, 0.25) is 0 Å². The standard InChI is InChI=1S/C11H15BO2/c1-11(2,3)9-4-5-10-8(6-9)7-14-12(10)13/h4-6,13H,7H2,1-3H3. The number of benzene rings is 1. The molecule has 0 spiro atoms. The highest BCUT2D eigenvalue weighted by molar-refractivity contribution is 6.61. The van der Waals surface area contributed by atoms with Crippen molar-refractivity contribution in [2.75, 3.05) is 0 Å². The Hall–Kier alpha value is -0.795. The van der Waals surface area contributed by atoms with Gasteiger partial charge in [0.05, 0.1) is 6.61 Å². The molecule has 74 valence electrons. The van der Waals surface area contributed by atoms with Gasteiger partial charge in [0.2, 0.25) is 0 Å². The lowest BCUT2D eigenvalue weighted by Gasteiger charge is -2.19. The van der Waals surface area contributed by atoms with Crippen molar-refractivity contribution < 1.29 is 9.68 Å². The SMILES string of the molecule is CC(C)(C)c1ccc2c(c1)COB2O. The number of rotatable bonds is 0. The lowest BCUT2D eigenvalue weighted by Crippen LogP contribution is -2.28. The van der Waals surface area contributed by atoms with Crippen LogP contribution in [-0.4, -0.2) is 12.1 Å². The highest BCUT2D eigenvalue weighted by Gasteiger charge is 2.28. The summed E-state index contributed by atoms with van der Waals surface area (Å²) in [7, 11) is -0.723. The van der Waals surface area contributed by atoms with E-state index in [1.807, 2.05) is 6.07 Å². The van der Waals surface area contributed by atoms with E-state index in [-0.39, 0.29) is 5.41 Å². The Morgan fingerprint density at radius 2 is 2.07 bits per heavy atom. The van der Waals surface area contributed by atoms with Crippen LogP contribution in [0.15, 0.2) is 18.2 Å². The molecule has 0 radical (unpaired) electrons. The van der Waals surface area contributed by atoms with Crippen LogP contribution in [0.25, 0.3) is 0 Å². The van der Waals surface area contributed by atoms with Crippen LogP contribution in [0.4, 0.5) is 0 Å². The molecule has 1 aliphatic heterocycles. The molecule has 0 unspecified atom stereocenters. The second kappa shape index (κ2) is 3.11. The first-order chi connectivity index (χ1) is 6.48. The number of fused-ring (bicyclic) bond motifs is 1. The maximum absolute atomic E-state index is 9.45. The van der Waals surface area contributed by atoms with Crippen molar-refractivity contribution in [2.45, 2.75) is 32.8 Å². The maximum atomic E-state index is 9.45. The van der Waals surface area contributed by atoms with Crippen molar-refractivity contribution in [1.82, 2.24) is 0 Å². The average molecular weight is 190 g/mol. The fourth-order valence-electron chi connectivity index (χ4n) is 1.70. The number of hydrogen-bond acceptors (Lipinski definition) is 2. The van der Waals surface area contributed by atoms with Gasteiger partial charge in [0.15, 0.2) is 0 Å². The van der Waals surface area contributed by atoms with E-state index in [4.69, 9.17) is 4.65 Å². The summed E-state index contributed by atoms with van der Waals surface area (Å²) >= 11 is 0. The Morgan fingerprint density at radius 3 is 2.71 bits per heavy atom. The molecule has 0 bridgehead atoms. The summed E-state index contributed by atoms with van der Waals surface area (Å²) in [5.74, 6) is 0. The normalized spacial score (nSPS) is 15.9. The Bertz CT molecular complexity index is 355. The van der Waals surface area contributed by atoms with Gasteiger partial charge in [-0.3, -0.25) is 0 Å². The van der Waals surface area contributed by atoms with Gasteiger partial charge in [-0.1, -0.05) is 39.0 Å². The number of hydrogen-bond donors (Lipinski definition) is 1. The zero-order valence-electron chi connectivity index (χ0n) is 8.87. The van der Waals surface area contributed by atoms with Crippen molar-refractivity contribution >= 4 is 12.6 Å². The Balaban J connectivity index is 2.42. The molecule has 1 aliphatic rings. The maximum Gasteiger partial charge on any atom is 0.491 e. The molecule has 2 nitrogen and oxygen atoms in total. The minimum atomic E-state index is -0.723. The van der Waals surface area contributed by atoms with Crippen LogP contribution in [0.3, 0.4) is 0 Å². The lowest BCUT2D eigenvalue weighted by molar-refractivity contribution is 0.275. The molecule has 3 heteroatoms. The van der Waals surface area contributed by atoms with Crippen molar-refractivity contribution in [3.63, 3.8) is 0 Å². The Labute approximate surface area is 85.1 Å². The zero-order chi connectivity index (χ0) is 10.3.